The van der Waals surface area contributed by atoms with Gasteiger partial charge in [-0.2, -0.15) is 0 Å². The molecule has 2 nitrogen and oxygen atoms in total. The first-order valence-corrected chi connectivity index (χ1v) is 4.87. The third-order valence-corrected chi connectivity index (χ3v) is 2.14. The number of aryl methyl sites for hydroxylation is 1. The van der Waals surface area contributed by atoms with Gasteiger partial charge in [0.1, 0.15) is 0 Å². The predicted octanol–water partition coefficient (Wildman–Crippen LogP) is 2.62. The van der Waals surface area contributed by atoms with Crippen LogP contribution in [-0.2, 0) is 0 Å². The summed E-state index contributed by atoms with van der Waals surface area (Å²) in [5.41, 5.74) is 1.88. The van der Waals surface area contributed by atoms with Gasteiger partial charge in [0, 0.05) is 23.4 Å². The maximum absolute atomic E-state index is 11.5. The van der Waals surface area contributed by atoms with E-state index < -0.39 is 0 Å². The van der Waals surface area contributed by atoms with Crippen molar-refractivity contribution in [3.05, 3.63) is 34.9 Å². The molecular formula is C11H11ClO2. The van der Waals surface area contributed by atoms with Crippen LogP contribution in [0.25, 0.3) is 0 Å². The number of ketones is 1. The van der Waals surface area contributed by atoms with E-state index in [1.807, 2.05) is 13.0 Å². The normalized spacial score (nSPS) is 9.86. The number of rotatable bonds is 4. The number of alkyl halides is 1. The van der Waals surface area contributed by atoms with E-state index >= 15 is 0 Å². The van der Waals surface area contributed by atoms with E-state index in [1.165, 1.54) is 0 Å². The number of hydrogen-bond donors (Lipinski definition) is 0. The number of hydrogen-bond acceptors (Lipinski definition) is 2. The van der Waals surface area contributed by atoms with Crippen LogP contribution in [-0.4, -0.2) is 17.9 Å². The monoisotopic (exact) mass is 210 g/mol. The fraction of sp³-hybridized carbons (Fsp3) is 0.273. The largest absolute Gasteiger partial charge is 0.298 e. The lowest BCUT2D eigenvalue weighted by Gasteiger charge is -2.03. The summed E-state index contributed by atoms with van der Waals surface area (Å²) in [6, 6.07) is 5.19. The Bertz CT molecular complexity index is 358. The molecule has 0 saturated heterocycles. The van der Waals surface area contributed by atoms with Gasteiger partial charge in [0.25, 0.3) is 0 Å². The third kappa shape index (κ3) is 2.42. The van der Waals surface area contributed by atoms with Gasteiger partial charge in [-0.3, -0.25) is 9.59 Å². The third-order valence-electron chi connectivity index (χ3n) is 1.96. The molecular weight excluding hydrogens is 200 g/mol. The van der Waals surface area contributed by atoms with E-state index in [9.17, 15) is 9.59 Å². The van der Waals surface area contributed by atoms with Crippen LogP contribution in [0.3, 0.4) is 0 Å². The summed E-state index contributed by atoms with van der Waals surface area (Å²) >= 11 is 5.46. The molecule has 1 aromatic carbocycles. The smallest absolute Gasteiger partial charge is 0.164 e. The predicted molar refractivity (Wildman–Crippen MR) is 56.2 cm³/mol. The Kier molecular flexibility index (Phi) is 3.84. The number of carbonyl (C=O) groups excluding carboxylic acids is 2. The van der Waals surface area contributed by atoms with Gasteiger partial charge in [-0.05, 0) is 13.0 Å². The van der Waals surface area contributed by atoms with Crippen LogP contribution in [0.15, 0.2) is 18.2 Å². The summed E-state index contributed by atoms with van der Waals surface area (Å²) in [6.45, 7) is 1.88. The van der Waals surface area contributed by atoms with Crippen LogP contribution in [0.2, 0.25) is 0 Å². The molecule has 0 N–H and O–H groups in total. The molecule has 0 aliphatic rings. The highest BCUT2D eigenvalue weighted by Crippen LogP contribution is 2.12. The van der Waals surface area contributed by atoms with Gasteiger partial charge in [0.2, 0.25) is 0 Å². The summed E-state index contributed by atoms with van der Waals surface area (Å²) in [4.78, 5) is 22.2. The van der Waals surface area contributed by atoms with E-state index in [-0.39, 0.29) is 18.1 Å². The van der Waals surface area contributed by atoms with Gasteiger partial charge in [-0.1, -0.05) is 17.7 Å². The lowest BCUT2D eigenvalue weighted by atomic mass is 10.0. The Labute approximate surface area is 87.9 Å². The van der Waals surface area contributed by atoms with Crippen molar-refractivity contribution in [2.24, 2.45) is 0 Å². The molecule has 0 aliphatic heterocycles. The average Bonchev–Trinajstić information content (AvgIpc) is 2.17. The van der Waals surface area contributed by atoms with Crippen LogP contribution in [0, 0.1) is 6.92 Å². The first-order chi connectivity index (χ1) is 6.69. The standard InChI is InChI=1S/C11H11ClO2/c1-8-2-3-10(9(6-8)7-13)11(14)4-5-12/h2-3,6-7H,4-5H2,1H3. The van der Waals surface area contributed by atoms with Crippen LogP contribution >= 0.6 is 11.6 Å². The molecule has 1 rings (SSSR count). The van der Waals surface area contributed by atoms with Crippen molar-refractivity contribution in [1.29, 1.82) is 0 Å². The van der Waals surface area contributed by atoms with Gasteiger partial charge < -0.3 is 0 Å². The highest BCUT2D eigenvalue weighted by atomic mass is 35.5. The quantitative estimate of drug-likeness (QED) is 0.435. The van der Waals surface area contributed by atoms with E-state index in [0.717, 1.165) is 5.56 Å². The lowest BCUT2D eigenvalue weighted by molar-refractivity contribution is 0.0982. The van der Waals surface area contributed by atoms with E-state index in [2.05, 4.69) is 0 Å². The van der Waals surface area contributed by atoms with Gasteiger partial charge >= 0.3 is 0 Å². The molecule has 14 heavy (non-hydrogen) atoms. The summed E-state index contributed by atoms with van der Waals surface area (Å²) in [5.74, 6) is 0.201. The molecule has 0 aromatic heterocycles. The van der Waals surface area contributed by atoms with Gasteiger partial charge in [0.05, 0.1) is 0 Å². The molecule has 1 aromatic rings. The Balaban J connectivity index is 3.07. The van der Waals surface area contributed by atoms with Crippen molar-refractivity contribution >= 4 is 23.7 Å². The topological polar surface area (TPSA) is 34.1 Å². The molecule has 0 saturated carbocycles. The second-order valence-electron chi connectivity index (χ2n) is 3.07. The van der Waals surface area contributed by atoms with E-state index in [0.29, 0.717) is 17.4 Å². The highest BCUT2D eigenvalue weighted by Gasteiger charge is 2.09. The zero-order valence-corrected chi connectivity index (χ0v) is 8.67. The Morgan fingerprint density at radius 3 is 2.79 bits per heavy atom. The Hall–Kier alpha value is -1.15. The minimum Gasteiger partial charge on any atom is -0.298 e. The van der Waals surface area contributed by atoms with E-state index in [1.54, 1.807) is 12.1 Å². The first-order valence-electron chi connectivity index (χ1n) is 4.34. The molecule has 0 heterocycles. The molecule has 0 amide bonds. The maximum atomic E-state index is 11.5. The number of benzene rings is 1. The van der Waals surface area contributed by atoms with Crippen LogP contribution in [0.5, 0.6) is 0 Å². The summed E-state index contributed by atoms with van der Waals surface area (Å²) in [7, 11) is 0. The minimum atomic E-state index is -0.0814. The van der Waals surface area contributed by atoms with Crippen molar-refractivity contribution < 1.29 is 9.59 Å². The second-order valence-corrected chi connectivity index (χ2v) is 3.45. The van der Waals surface area contributed by atoms with Crippen molar-refractivity contribution in [2.45, 2.75) is 13.3 Å². The maximum Gasteiger partial charge on any atom is 0.164 e. The SMILES string of the molecule is Cc1ccc(C(=O)CCCl)c(C=O)c1. The van der Waals surface area contributed by atoms with Crippen molar-refractivity contribution in [3.63, 3.8) is 0 Å². The van der Waals surface area contributed by atoms with Crippen LogP contribution in [0.1, 0.15) is 32.7 Å². The molecule has 3 heteroatoms. The number of carbonyl (C=O) groups is 2. The summed E-state index contributed by atoms with van der Waals surface area (Å²) in [6.07, 6.45) is 0.972. The number of halogens is 1. The van der Waals surface area contributed by atoms with E-state index in [4.69, 9.17) is 11.6 Å². The number of aldehydes is 1. The van der Waals surface area contributed by atoms with Gasteiger partial charge in [-0.25, -0.2) is 0 Å². The highest BCUT2D eigenvalue weighted by molar-refractivity contribution is 6.20. The molecule has 0 fully saturated rings. The minimum absolute atomic E-state index is 0.0814. The molecule has 0 bridgehead atoms. The first kappa shape index (κ1) is 10.9. The molecule has 0 unspecified atom stereocenters. The molecule has 0 aliphatic carbocycles. The van der Waals surface area contributed by atoms with Gasteiger partial charge in [0.15, 0.2) is 12.1 Å². The molecule has 0 radical (unpaired) electrons. The van der Waals surface area contributed by atoms with Crippen molar-refractivity contribution in [2.75, 3.05) is 5.88 Å². The zero-order chi connectivity index (χ0) is 10.6. The Morgan fingerprint density at radius 2 is 2.21 bits per heavy atom. The molecule has 74 valence electrons. The molecule has 0 spiro atoms. The van der Waals surface area contributed by atoms with Crippen molar-refractivity contribution in [1.82, 2.24) is 0 Å². The van der Waals surface area contributed by atoms with Crippen molar-refractivity contribution in [3.8, 4) is 0 Å². The van der Waals surface area contributed by atoms with Crippen LogP contribution in [0.4, 0.5) is 0 Å². The average molecular weight is 211 g/mol. The van der Waals surface area contributed by atoms with Gasteiger partial charge in [-0.15, -0.1) is 11.6 Å². The number of Topliss-reactive ketones (excluding diaryl/α,β-unsaturated/α-hetero) is 1. The lowest BCUT2D eigenvalue weighted by Crippen LogP contribution is -2.04. The van der Waals surface area contributed by atoms with Crippen LogP contribution < -0.4 is 0 Å². The Morgan fingerprint density at radius 1 is 1.50 bits per heavy atom. The fourth-order valence-corrected chi connectivity index (χ4v) is 1.43. The second kappa shape index (κ2) is 4.91. The summed E-state index contributed by atoms with van der Waals surface area (Å²) in [5, 5.41) is 0. The summed E-state index contributed by atoms with van der Waals surface area (Å²) < 4.78 is 0. The fourth-order valence-electron chi connectivity index (χ4n) is 1.25. The zero-order valence-electron chi connectivity index (χ0n) is 7.92. The molecule has 0 atom stereocenters.